The van der Waals surface area contributed by atoms with Gasteiger partial charge in [-0.05, 0) is 117 Å². The largest absolute Gasteiger partial charge is 0.496 e. The van der Waals surface area contributed by atoms with Gasteiger partial charge in [-0.25, -0.2) is 4.79 Å². The van der Waals surface area contributed by atoms with E-state index in [9.17, 15) is 19.2 Å². The highest BCUT2D eigenvalue weighted by atomic mass is 16.6. The van der Waals surface area contributed by atoms with E-state index in [1.54, 1.807) is 19.1 Å². The summed E-state index contributed by atoms with van der Waals surface area (Å²) in [7, 11) is 4.59. The Kier molecular flexibility index (Phi) is 13.7. The number of carbonyl (C=O) groups excluding carboxylic acids is 4. The van der Waals surface area contributed by atoms with Crippen LogP contribution in [0.15, 0.2) is 12.1 Å². The van der Waals surface area contributed by atoms with Crippen molar-refractivity contribution in [3.63, 3.8) is 0 Å². The summed E-state index contributed by atoms with van der Waals surface area (Å²) < 4.78 is 20.7. The fraction of sp³-hybridized carbons (Fsp3) is 0.579. The van der Waals surface area contributed by atoms with Crippen molar-refractivity contribution in [2.45, 2.75) is 120 Å². The summed E-state index contributed by atoms with van der Waals surface area (Å²) in [6.45, 7) is 22.8. The maximum Gasteiger partial charge on any atom is 0.415 e. The SMILES string of the molecule is COC(=O)C(C)C(C)=O.COc1cc(C)c2c(c1C)N(C(=O)OC(C)(C)C)C(C)CC2=O.COc1cc(C)c2c(c1C)NC(C)CC2C. The highest BCUT2D eigenvalue weighted by Gasteiger charge is 2.38. The molecule has 0 saturated carbocycles. The van der Waals surface area contributed by atoms with Crippen LogP contribution < -0.4 is 19.7 Å². The zero-order valence-corrected chi connectivity index (χ0v) is 31.6. The number of ether oxygens (including phenoxy) is 4. The highest BCUT2D eigenvalue weighted by molar-refractivity contribution is 6.10. The maximum atomic E-state index is 12.7. The first-order chi connectivity index (χ1) is 22.2. The number of fused-ring (bicyclic) bond motifs is 2. The molecule has 0 bridgehead atoms. The molecule has 2 heterocycles. The van der Waals surface area contributed by atoms with Crippen molar-refractivity contribution in [3.8, 4) is 11.5 Å². The van der Waals surface area contributed by atoms with Gasteiger partial charge in [0, 0.05) is 40.9 Å². The maximum absolute atomic E-state index is 12.7. The molecule has 0 saturated heterocycles. The number of nitrogens with zero attached hydrogens (tertiary/aromatic N) is 1. The van der Waals surface area contributed by atoms with Crippen molar-refractivity contribution in [3.05, 3.63) is 45.5 Å². The minimum absolute atomic E-state index is 0.0514. The zero-order chi connectivity index (χ0) is 36.8. The summed E-state index contributed by atoms with van der Waals surface area (Å²) in [4.78, 5) is 47.8. The molecular formula is C38H56N2O8. The minimum Gasteiger partial charge on any atom is -0.496 e. The van der Waals surface area contributed by atoms with Crippen LogP contribution in [0.4, 0.5) is 16.2 Å². The summed E-state index contributed by atoms with van der Waals surface area (Å²) in [5.74, 6) is 1.09. The summed E-state index contributed by atoms with van der Waals surface area (Å²) in [6, 6.07) is 4.29. The molecule has 10 nitrogen and oxygen atoms in total. The molecule has 4 unspecified atom stereocenters. The molecule has 10 heteroatoms. The third-order valence-electron chi connectivity index (χ3n) is 8.72. The predicted molar refractivity (Wildman–Crippen MR) is 190 cm³/mol. The molecular weight excluding hydrogens is 612 g/mol. The van der Waals surface area contributed by atoms with E-state index in [1.807, 2.05) is 47.6 Å². The van der Waals surface area contributed by atoms with Gasteiger partial charge in [0.05, 0.1) is 27.0 Å². The van der Waals surface area contributed by atoms with E-state index in [0.29, 0.717) is 35.4 Å². The van der Waals surface area contributed by atoms with Crippen LogP contribution in [-0.4, -0.2) is 62.6 Å². The van der Waals surface area contributed by atoms with Gasteiger partial charge >= 0.3 is 12.1 Å². The van der Waals surface area contributed by atoms with Crippen LogP contribution in [0.25, 0.3) is 0 Å². The van der Waals surface area contributed by atoms with Crippen molar-refractivity contribution in [2.24, 2.45) is 5.92 Å². The topological polar surface area (TPSA) is 120 Å². The Balaban J connectivity index is 0.000000277. The number of ketones is 2. The average Bonchev–Trinajstić information content (AvgIpc) is 2.98. The Labute approximate surface area is 286 Å². The first kappa shape index (κ1) is 40.1. The molecule has 0 aliphatic carbocycles. The van der Waals surface area contributed by atoms with Gasteiger partial charge in [0.15, 0.2) is 5.78 Å². The normalized spacial score (nSPS) is 18.7. The Morgan fingerprint density at radius 2 is 1.46 bits per heavy atom. The van der Waals surface area contributed by atoms with Crippen LogP contribution in [0.1, 0.15) is 112 Å². The van der Waals surface area contributed by atoms with Crippen molar-refractivity contribution in [1.82, 2.24) is 0 Å². The quantitative estimate of drug-likeness (QED) is 0.255. The number of rotatable bonds is 4. The predicted octanol–water partition coefficient (Wildman–Crippen LogP) is 8.03. The second-order valence-corrected chi connectivity index (χ2v) is 13.9. The van der Waals surface area contributed by atoms with E-state index in [2.05, 4.69) is 43.8 Å². The lowest BCUT2D eigenvalue weighted by molar-refractivity contribution is -0.148. The second kappa shape index (κ2) is 16.3. The van der Waals surface area contributed by atoms with Crippen LogP contribution in [0, 0.1) is 33.6 Å². The number of esters is 1. The van der Waals surface area contributed by atoms with Crippen LogP contribution in [0.5, 0.6) is 11.5 Å². The molecule has 4 atom stereocenters. The molecule has 266 valence electrons. The number of hydrogen-bond donors (Lipinski definition) is 1. The van der Waals surface area contributed by atoms with Crippen molar-refractivity contribution >= 4 is 35.0 Å². The molecule has 0 aromatic heterocycles. The molecule has 1 amide bonds. The van der Waals surface area contributed by atoms with Gasteiger partial charge < -0.3 is 24.3 Å². The van der Waals surface area contributed by atoms with Gasteiger partial charge in [0.25, 0.3) is 0 Å². The molecule has 4 rings (SSSR count). The minimum atomic E-state index is -0.616. The molecule has 2 aliphatic heterocycles. The van der Waals surface area contributed by atoms with Gasteiger partial charge in [-0.3, -0.25) is 19.3 Å². The fourth-order valence-corrected chi connectivity index (χ4v) is 6.23. The van der Waals surface area contributed by atoms with Crippen LogP contribution in [0.3, 0.4) is 0 Å². The van der Waals surface area contributed by atoms with Gasteiger partial charge in [-0.2, -0.15) is 0 Å². The van der Waals surface area contributed by atoms with Crippen molar-refractivity contribution < 1.29 is 38.1 Å². The number of aryl methyl sites for hydroxylation is 2. The summed E-state index contributed by atoms with van der Waals surface area (Å²) in [6.07, 6.45) is 1.06. The lowest BCUT2D eigenvalue weighted by Gasteiger charge is -2.37. The highest BCUT2D eigenvalue weighted by Crippen LogP contribution is 2.42. The van der Waals surface area contributed by atoms with Gasteiger partial charge in [-0.1, -0.05) is 6.92 Å². The van der Waals surface area contributed by atoms with Crippen LogP contribution in [-0.2, 0) is 19.1 Å². The molecule has 2 aliphatic rings. The van der Waals surface area contributed by atoms with Crippen molar-refractivity contribution in [2.75, 3.05) is 31.5 Å². The molecule has 0 spiro atoms. The average molecular weight is 669 g/mol. The zero-order valence-electron chi connectivity index (χ0n) is 31.6. The van der Waals surface area contributed by atoms with E-state index in [-0.39, 0.29) is 17.6 Å². The lowest BCUT2D eigenvalue weighted by atomic mass is 9.84. The molecule has 48 heavy (non-hydrogen) atoms. The Morgan fingerprint density at radius 3 is 1.94 bits per heavy atom. The van der Waals surface area contributed by atoms with E-state index in [1.165, 1.54) is 49.8 Å². The van der Waals surface area contributed by atoms with Gasteiger partial charge in [0.2, 0.25) is 0 Å². The molecule has 0 radical (unpaired) electrons. The third-order valence-corrected chi connectivity index (χ3v) is 8.72. The first-order valence-electron chi connectivity index (χ1n) is 16.5. The third kappa shape index (κ3) is 9.29. The molecule has 1 N–H and O–H groups in total. The summed E-state index contributed by atoms with van der Waals surface area (Å²) >= 11 is 0. The Morgan fingerprint density at radius 1 is 0.917 bits per heavy atom. The monoisotopic (exact) mass is 668 g/mol. The number of anilines is 2. The summed E-state index contributed by atoms with van der Waals surface area (Å²) in [5, 5.41) is 3.59. The van der Waals surface area contributed by atoms with Gasteiger partial charge in [-0.15, -0.1) is 0 Å². The fourth-order valence-electron chi connectivity index (χ4n) is 6.23. The molecule has 2 aromatic carbocycles. The van der Waals surface area contributed by atoms with Crippen molar-refractivity contribution in [1.29, 1.82) is 0 Å². The lowest BCUT2D eigenvalue weighted by Crippen LogP contribution is -2.47. The van der Waals surface area contributed by atoms with E-state index >= 15 is 0 Å². The number of nitrogens with one attached hydrogen (secondary N) is 1. The van der Waals surface area contributed by atoms with E-state index in [0.717, 1.165) is 16.9 Å². The Bertz CT molecular complexity index is 1520. The standard InChI is InChI=1S/C18H25NO4.C14H21NO.C6H10O3/c1-10-8-14(22-7)12(3)16-15(10)13(20)9-11(2)19(16)17(21)23-18(4,5)6;1-8-6-10(3)15-14-11(4)12(16-5)7-9(2)13(8)14;1-4(5(2)7)6(8)9-3/h8,11H,9H2,1-7H3;7-8,10,15H,6H2,1-5H3;4H,1-3H3. The van der Waals surface area contributed by atoms with E-state index < -0.39 is 23.6 Å². The van der Waals surface area contributed by atoms with Crippen LogP contribution >= 0.6 is 0 Å². The second-order valence-electron chi connectivity index (χ2n) is 13.9. The molecule has 2 aromatic rings. The number of Topliss-reactive ketones (excluding diaryl/α,β-unsaturated/α-hetero) is 2. The van der Waals surface area contributed by atoms with Crippen LogP contribution in [0.2, 0.25) is 0 Å². The smallest absolute Gasteiger partial charge is 0.415 e. The molecule has 0 fully saturated rings. The number of hydrogen-bond acceptors (Lipinski definition) is 9. The Hall–Kier alpha value is -4.08. The van der Waals surface area contributed by atoms with E-state index in [4.69, 9.17) is 14.2 Å². The number of amides is 1. The summed E-state index contributed by atoms with van der Waals surface area (Å²) in [5.41, 5.74) is 7.53. The van der Waals surface area contributed by atoms with Gasteiger partial charge in [0.1, 0.15) is 28.8 Å². The number of methoxy groups -OCH3 is 3. The number of benzene rings is 2. The number of carbonyl (C=O) groups is 4. The first-order valence-corrected chi connectivity index (χ1v) is 16.5.